The Labute approximate surface area is 191 Å². The van der Waals surface area contributed by atoms with E-state index in [1.165, 1.54) is 17.7 Å². The van der Waals surface area contributed by atoms with Gasteiger partial charge in [-0.2, -0.15) is 5.10 Å². The number of nitrogens with zero attached hydrogens (tertiary/aromatic N) is 3. The summed E-state index contributed by atoms with van der Waals surface area (Å²) < 4.78 is 0. The lowest BCUT2D eigenvalue weighted by molar-refractivity contribution is -0.393. The van der Waals surface area contributed by atoms with E-state index in [-0.39, 0.29) is 23.0 Å². The molecule has 0 aromatic heterocycles. The monoisotopic (exact) mass is 444 g/mol. The van der Waals surface area contributed by atoms with Crippen LogP contribution in [0, 0.1) is 26.1 Å². The summed E-state index contributed by atoms with van der Waals surface area (Å²) in [6.45, 7) is 0. The molecule has 1 N–H and O–H groups in total. The van der Waals surface area contributed by atoms with Crippen LogP contribution in [0.15, 0.2) is 84.0 Å². The summed E-state index contributed by atoms with van der Waals surface area (Å²) in [6, 6.07) is 23.8. The van der Waals surface area contributed by atoms with Gasteiger partial charge in [0.25, 0.3) is 5.69 Å². The van der Waals surface area contributed by atoms with E-state index in [4.69, 9.17) is 0 Å². The van der Waals surface area contributed by atoms with Crippen LogP contribution in [-0.4, -0.2) is 15.6 Å². The summed E-state index contributed by atoms with van der Waals surface area (Å²) in [7, 11) is 0. The van der Waals surface area contributed by atoms with E-state index in [9.17, 15) is 20.2 Å². The van der Waals surface area contributed by atoms with Crippen molar-refractivity contribution >= 4 is 22.8 Å². The average molecular weight is 444 g/mol. The van der Waals surface area contributed by atoms with Gasteiger partial charge in [-0.1, -0.05) is 60.7 Å². The molecule has 3 aromatic rings. The Morgan fingerprint density at radius 1 is 0.818 bits per heavy atom. The van der Waals surface area contributed by atoms with E-state index < -0.39 is 9.85 Å². The van der Waals surface area contributed by atoms with Crippen molar-refractivity contribution in [3.05, 3.63) is 110 Å². The van der Waals surface area contributed by atoms with Crippen molar-refractivity contribution in [2.24, 2.45) is 11.0 Å². The number of benzene rings is 3. The van der Waals surface area contributed by atoms with Crippen molar-refractivity contribution in [1.29, 1.82) is 0 Å². The maximum Gasteiger partial charge on any atom is 0.301 e. The molecule has 0 spiro atoms. The number of hydrogen-bond acceptors (Lipinski definition) is 6. The first-order valence-corrected chi connectivity index (χ1v) is 10.9. The maximum absolute atomic E-state index is 11.5. The number of nitro benzene ring substituents is 2. The molecule has 0 heterocycles. The minimum Gasteiger partial charge on any atom is -0.271 e. The number of anilines is 1. The van der Waals surface area contributed by atoms with Gasteiger partial charge in [0.05, 0.1) is 21.6 Å². The molecule has 33 heavy (non-hydrogen) atoms. The van der Waals surface area contributed by atoms with Crippen LogP contribution in [0.2, 0.25) is 0 Å². The molecule has 0 bridgehead atoms. The van der Waals surface area contributed by atoms with E-state index in [2.05, 4.69) is 34.8 Å². The zero-order valence-electron chi connectivity index (χ0n) is 18.0. The lowest BCUT2D eigenvalue weighted by atomic mass is 9.76. The van der Waals surface area contributed by atoms with Crippen LogP contribution in [0.25, 0.3) is 0 Å². The van der Waals surface area contributed by atoms with E-state index in [1.807, 2.05) is 36.4 Å². The number of nitrogens with one attached hydrogen (secondary N) is 1. The summed E-state index contributed by atoms with van der Waals surface area (Å²) >= 11 is 0. The van der Waals surface area contributed by atoms with Gasteiger partial charge in [-0.25, -0.2) is 0 Å². The van der Waals surface area contributed by atoms with Crippen LogP contribution in [0.3, 0.4) is 0 Å². The first-order valence-electron chi connectivity index (χ1n) is 10.9. The highest BCUT2D eigenvalue weighted by molar-refractivity contribution is 6.02. The van der Waals surface area contributed by atoms with Crippen molar-refractivity contribution in [1.82, 2.24) is 0 Å². The van der Waals surface area contributed by atoms with Crippen molar-refractivity contribution in [3.63, 3.8) is 0 Å². The number of hydrazone groups is 1. The van der Waals surface area contributed by atoms with Crippen molar-refractivity contribution < 1.29 is 9.85 Å². The second-order valence-corrected chi connectivity index (χ2v) is 8.15. The highest BCUT2D eigenvalue weighted by Crippen LogP contribution is 2.37. The second-order valence-electron chi connectivity index (χ2n) is 8.15. The lowest BCUT2D eigenvalue weighted by Gasteiger charge is -2.30. The molecule has 1 aliphatic rings. The smallest absolute Gasteiger partial charge is 0.271 e. The molecule has 1 fully saturated rings. The molecule has 1 aliphatic carbocycles. The van der Waals surface area contributed by atoms with Crippen molar-refractivity contribution in [2.45, 2.75) is 31.6 Å². The quantitative estimate of drug-likeness (QED) is 0.261. The first-order chi connectivity index (χ1) is 16.0. The standard InChI is InChI=1S/C25H24N4O4/c30-28(31)22-15-16-23(24(17-22)29(32)33)26-27-25(20-9-5-2-6-10-20)21-13-11-19(12-14-21)18-7-3-1-4-8-18/h1-10,15-17,19,21,26H,11-14H2/b27-25+. The Bertz CT molecular complexity index is 1160. The zero-order chi connectivity index (χ0) is 23.2. The van der Waals surface area contributed by atoms with Crippen molar-refractivity contribution in [2.75, 3.05) is 5.43 Å². The minimum atomic E-state index is -0.652. The third-order valence-corrected chi connectivity index (χ3v) is 6.14. The first kappa shape index (κ1) is 22.1. The largest absolute Gasteiger partial charge is 0.301 e. The Morgan fingerprint density at radius 2 is 1.45 bits per heavy atom. The molecule has 3 aromatic carbocycles. The SMILES string of the molecule is O=[N+]([O-])c1ccc(N/N=C(\c2ccccc2)C2CCC(c3ccccc3)CC2)c([N+](=O)[O-])c1. The fourth-order valence-corrected chi connectivity index (χ4v) is 4.43. The molecule has 4 rings (SSSR count). The summed E-state index contributed by atoms with van der Waals surface area (Å²) in [5, 5.41) is 27.1. The molecular weight excluding hydrogens is 420 g/mol. The predicted octanol–water partition coefficient (Wildman–Crippen LogP) is 6.29. The summed E-state index contributed by atoms with van der Waals surface area (Å²) in [5.41, 5.74) is 5.38. The van der Waals surface area contributed by atoms with Gasteiger partial charge in [0.1, 0.15) is 5.69 Å². The van der Waals surface area contributed by atoms with Gasteiger partial charge in [0.2, 0.25) is 0 Å². The molecule has 168 valence electrons. The number of hydrogen-bond donors (Lipinski definition) is 1. The molecule has 0 radical (unpaired) electrons. The number of rotatable bonds is 7. The summed E-state index contributed by atoms with van der Waals surface area (Å²) in [5.74, 6) is 0.722. The Morgan fingerprint density at radius 3 is 2.06 bits per heavy atom. The van der Waals surface area contributed by atoms with Gasteiger partial charge in [-0.15, -0.1) is 0 Å². The fraction of sp³-hybridized carbons (Fsp3) is 0.240. The molecule has 1 saturated carbocycles. The lowest BCUT2D eigenvalue weighted by Crippen LogP contribution is -2.23. The Hall–Kier alpha value is -4.07. The third-order valence-electron chi connectivity index (χ3n) is 6.14. The highest BCUT2D eigenvalue weighted by Gasteiger charge is 2.27. The fourth-order valence-electron chi connectivity index (χ4n) is 4.43. The van der Waals surface area contributed by atoms with Gasteiger partial charge >= 0.3 is 5.69 Å². The molecule has 0 aliphatic heterocycles. The van der Waals surface area contributed by atoms with Gasteiger partial charge in [-0.3, -0.25) is 25.7 Å². The summed E-state index contributed by atoms with van der Waals surface area (Å²) in [6.07, 6.45) is 3.99. The Balaban J connectivity index is 1.59. The maximum atomic E-state index is 11.5. The summed E-state index contributed by atoms with van der Waals surface area (Å²) in [4.78, 5) is 21.2. The van der Waals surface area contributed by atoms with Crippen LogP contribution in [0.4, 0.5) is 17.1 Å². The van der Waals surface area contributed by atoms with Gasteiger partial charge in [0.15, 0.2) is 0 Å². The van der Waals surface area contributed by atoms with Crippen LogP contribution in [-0.2, 0) is 0 Å². The zero-order valence-corrected chi connectivity index (χ0v) is 18.0. The van der Waals surface area contributed by atoms with E-state index in [0.717, 1.165) is 43.0 Å². The topological polar surface area (TPSA) is 111 Å². The van der Waals surface area contributed by atoms with Gasteiger partial charge in [-0.05, 0) is 48.8 Å². The normalized spacial score (nSPS) is 18.5. The van der Waals surface area contributed by atoms with E-state index in [0.29, 0.717) is 5.92 Å². The molecule has 0 unspecified atom stereocenters. The van der Waals surface area contributed by atoms with Crippen LogP contribution in [0.5, 0.6) is 0 Å². The van der Waals surface area contributed by atoms with Crippen LogP contribution in [0.1, 0.15) is 42.7 Å². The minimum absolute atomic E-state index is 0.122. The average Bonchev–Trinajstić information content (AvgIpc) is 2.85. The van der Waals surface area contributed by atoms with Gasteiger partial charge in [0, 0.05) is 12.0 Å². The number of nitro groups is 2. The van der Waals surface area contributed by atoms with E-state index in [1.54, 1.807) is 0 Å². The third kappa shape index (κ3) is 5.23. The highest BCUT2D eigenvalue weighted by atomic mass is 16.6. The van der Waals surface area contributed by atoms with E-state index >= 15 is 0 Å². The predicted molar refractivity (Wildman–Crippen MR) is 127 cm³/mol. The second kappa shape index (κ2) is 10.0. The van der Waals surface area contributed by atoms with Crippen molar-refractivity contribution in [3.8, 4) is 0 Å². The molecule has 0 saturated heterocycles. The molecule has 0 amide bonds. The van der Waals surface area contributed by atoms with Gasteiger partial charge < -0.3 is 0 Å². The van der Waals surface area contributed by atoms with Crippen LogP contribution >= 0.6 is 0 Å². The molecule has 8 heteroatoms. The van der Waals surface area contributed by atoms with Crippen LogP contribution < -0.4 is 5.43 Å². The Kier molecular flexibility index (Phi) is 6.73. The number of non-ortho nitro benzene ring substituents is 1. The molecule has 0 atom stereocenters. The molecular formula is C25H24N4O4. The molecule has 8 nitrogen and oxygen atoms in total.